The van der Waals surface area contributed by atoms with Crippen molar-refractivity contribution in [2.45, 2.75) is 17.5 Å². The standard InChI is InChI=1S/C20H17NO4S/c1-26-12-6-7-13-16(8-12)20(25)21(9-11(23)10-22)18-14-4-2-3-5-15(14)19(24)17(13)18/h2-8,11,22-23H,9-10H2,1H3/t11-/m0/s1. The van der Waals surface area contributed by atoms with E-state index in [1.807, 2.05) is 30.5 Å². The van der Waals surface area contributed by atoms with Gasteiger partial charge in [-0.25, -0.2) is 0 Å². The van der Waals surface area contributed by atoms with Crippen LogP contribution in [-0.2, 0) is 6.54 Å². The van der Waals surface area contributed by atoms with Crippen LogP contribution < -0.4 is 5.56 Å². The van der Waals surface area contributed by atoms with Crippen molar-refractivity contribution < 1.29 is 15.0 Å². The summed E-state index contributed by atoms with van der Waals surface area (Å²) in [6, 6.07) is 12.7. The van der Waals surface area contributed by atoms with E-state index in [0.29, 0.717) is 33.2 Å². The van der Waals surface area contributed by atoms with Crippen LogP contribution in [-0.4, -0.2) is 39.5 Å². The molecule has 26 heavy (non-hydrogen) atoms. The molecule has 1 heterocycles. The monoisotopic (exact) mass is 367 g/mol. The van der Waals surface area contributed by atoms with Crippen LogP contribution in [0.25, 0.3) is 22.0 Å². The summed E-state index contributed by atoms with van der Waals surface area (Å²) in [6.07, 6.45) is 0.838. The lowest BCUT2D eigenvalue weighted by atomic mass is 10.0. The van der Waals surface area contributed by atoms with Gasteiger partial charge in [0.15, 0.2) is 5.78 Å². The summed E-state index contributed by atoms with van der Waals surface area (Å²) in [4.78, 5) is 27.1. The predicted molar refractivity (Wildman–Crippen MR) is 102 cm³/mol. The van der Waals surface area contributed by atoms with Crippen LogP contribution >= 0.6 is 11.8 Å². The Morgan fingerprint density at radius 3 is 2.50 bits per heavy atom. The topological polar surface area (TPSA) is 79.5 Å². The molecular weight excluding hydrogens is 350 g/mol. The van der Waals surface area contributed by atoms with E-state index in [1.54, 1.807) is 18.2 Å². The molecule has 0 bridgehead atoms. The van der Waals surface area contributed by atoms with E-state index >= 15 is 0 Å². The van der Waals surface area contributed by atoms with Crippen LogP contribution in [0.4, 0.5) is 0 Å². The van der Waals surface area contributed by atoms with Gasteiger partial charge in [0, 0.05) is 26.8 Å². The molecule has 0 saturated carbocycles. The SMILES string of the molecule is CSc1ccc2c3c(n(C[C@H](O)CO)c(=O)c2c1)-c1ccccc1C3=O. The number of carbonyl (C=O) groups is 1. The van der Waals surface area contributed by atoms with Crippen LogP contribution in [0.2, 0.25) is 0 Å². The van der Waals surface area contributed by atoms with Crippen molar-refractivity contribution in [3.63, 3.8) is 0 Å². The zero-order valence-electron chi connectivity index (χ0n) is 14.1. The van der Waals surface area contributed by atoms with Crippen molar-refractivity contribution >= 4 is 28.3 Å². The van der Waals surface area contributed by atoms with Gasteiger partial charge in [0.05, 0.1) is 30.5 Å². The molecule has 0 fully saturated rings. The summed E-state index contributed by atoms with van der Waals surface area (Å²) in [5, 5.41) is 20.3. The first-order chi connectivity index (χ1) is 12.6. The van der Waals surface area contributed by atoms with Gasteiger partial charge in [-0.2, -0.15) is 0 Å². The van der Waals surface area contributed by atoms with Gasteiger partial charge < -0.3 is 14.8 Å². The first-order valence-corrected chi connectivity index (χ1v) is 9.47. The summed E-state index contributed by atoms with van der Waals surface area (Å²) < 4.78 is 1.42. The van der Waals surface area contributed by atoms with Gasteiger partial charge in [0.2, 0.25) is 0 Å². The molecule has 0 unspecified atom stereocenters. The van der Waals surface area contributed by atoms with E-state index in [4.69, 9.17) is 0 Å². The number of pyridine rings is 1. The zero-order chi connectivity index (χ0) is 18.4. The van der Waals surface area contributed by atoms with E-state index < -0.39 is 12.7 Å². The quantitative estimate of drug-likeness (QED) is 0.541. The molecule has 0 spiro atoms. The number of aliphatic hydroxyl groups excluding tert-OH is 2. The van der Waals surface area contributed by atoms with Gasteiger partial charge in [-0.3, -0.25) is 9.59 Å². The highest BCUT2D eigenvalue weighted by molar-refractivity contribution is 7.98. The molecule has 2 N–H and O–H groups in total. The molecule has 0 saturated heterocycles. The molecule has 5 nitrogen and oxygen atoms in total. The maximum absolute atomic E-state index is 13.2. The Bertz CT molecular complexity index is 1100. The summed E-state index contributed by atoms with van der Waals surface area (Å²) in [6.45, 7) is -0.529. The van der Waals surface area contributed by atoms with Crippen LogP contribution in [0.15, 0.2) is 52.2 Å². The third-order valence-corrected chi connectivity index (χ3v) is 5.46. The molecule has 2 aromatic carbocycles. The second-order valence-electron chi connectivity index (χ2n) is 6.26. The number of aliphatic hydroxyl groups is 2. The van der Waals surface area contributed by atoms with Gasteiger partial charge in [-0.1, -0.05) is 30.3 Å². The third-order valence-electron chi connectivity index (χ3n) is 4.74. The number of hydrogen-bond acceptors (Lipinski definition) is 5. The molecule has 0 radical (unpaired) electrons. The lowest BCUT2D eigenvalue weighted by molar-refractivity contribution is 0.0808. The number of carbonyl (C=O) groups excluding carboxylic acids is 1. The number of nitrogens with zero attached hydrogens (tertiary/aromatic N) is 1. The lowest BCUT2D eigenvalue weighted by Crippen LogP contribution is -2.30. The minimum atomic E-state index is -1.08. The number of benzene rings is 2. The summed E-state index contributed by atoms with van der Waals surface area (Å²) in [5.74, 6) is -0.121. The maximum atomic E-state index is 13.2. The minimum absolute atomic E-state index is 0.0707. The van der Waals surface area contributed by atoms with Crippen LogP contribution in [0, 0.1) is 0 Å². The smallest absolute Gasteiger partial charge is 0.259 e. The van der Waals surface area contributed by atoms with Gasteiger partial charge >= 0.3 is 0 Å². The summed E-state index contributed by atoms with van der Waals surface area (Å²) in [5.41, 5.74) is 1.97. The molecule has 1 aromatic heterocycles. The normalized spacial score (nSPS) is 13.7. The number of aromatic nitrogens is 1. The molecule has 3 aromatic rings. The van der Waals surface area contributed by atoms with Crippen molar-refractivity contribution in [2.75, 3.05) is 12.9 Å². The van der Waals surface area contributed by atoms with Gasteiger partial charge in [0.1, 0.15) is 0 Å². The van der Waals surface area contributed by atoms with Crippen molar-refractivity contribution in [3.05, 3.63) is 63.9 Å². The predicted octanol–water partition coefficient (Wildman–Crippen LogP) is 2.29. The summed E-state index contributed by atoms with van der Waals surface area (Å²) in [7, 11) is 0. The van der Waals surface area contributed by atoms with Crippen molar-refractivity contribution in [3.8, 4) is 11.3 Å². The van der Waals surface area contributed by atoms with Crippen LogP contribution in [0.3, 0.4) is 0 Å². The Morgan fingerprint density at radius 2 is 1.81 bits per heavy atom. The van der Waals surface area contributed by atoms with Gasteiger partial charge in [-0.15, -0.1) is 11.8 Å². The van der Waals surface area contributed by atoms with Crippen molar-refractivity contribution in [1.82, 2.24) is 4.57 Å². The molecule has 6 heteroatoms. The molecule has 1 aliphatic rings. The second kappa shape index (κ2) is 6.39. The minimum Gasteiger partial charge on any atom is -0.394 e. The Kier molecular flexibility index (Phi) is 4.19. The second-order valence-corrected chi connectivity index (χ2v) is 7.14. The van der Waals surface area contributed by atoms with E-state index in [-0.39, 0.29) is 17.9 Å². The average molecular weight is 367 g/mol. The maximum Gasteiger partial charge on any atom is 0.259 e. The highest BCUT2D eigenvalue weighted by Gasteiger charge is 2.32. The molecule has 1 atom stereocenters. The van der Waals surface area contributed by atoms with Gasteiger partial charge in [-0.05, 0) is 18.4 Å². The first kappa shape index (κ1) is 17.0. The number of rotatable bonds is 4. The zero-order valence-corrected chi connectivity index (χ0v) is 14.9. The number of fused-ring (bicyclic) bond motifs is 5. The fraction of sp³-hybridized carbons (Fsp3) is 0.200. The number of thioether (sulfide) groups is 1. The molecule has 0 aliphatic heterocycles. The Balaban J connectivity index is 2.14. The number of ketones is 1. The molecule has 132 valence electrons. The fourth-order valence-electron chi connectivity index (χ4n) is 3.53. The molecule has 0 amide bonds. The van der Waals surface area contributed by atoms with Gasteiger partial charge in [0.25, 0.3) is 5.56 Å². The van der Waals surface area contributed by atoms with Crippen molar-refractivity contribution in [2.24, 2.45) is 0 Å². The molecule has 4 rings (SSSR count). The van der Waals surface area contributed by atoms with E-state index in [1.165, 1.54) is 16.3 Å². The van der Waals surface area contributed by atoms with E-state index in [0.717, 1.165) is 4.90 Å². The van der Waals surface area contributed by atoms with E-state index in [9.17, 15) is 19.8 Å². The van der Waals surface area contributed by atoms with Crippen LogP contribution in [0.1, 0.15) is 15.9 Å². The highest BCUT2D eigenvalue weighted by Crippen LogP contribution is 2.39. The molecular formula is C20H17NO4S. The highest BCUT2D eigenvalue weighted by atomic mass is 32.2. The van der Waals surface area contributed by atoms with Crippen LogP contribution in [0.5, 0.6) is 0 Å². The number of hydrogen-bond donors (Lipinski definition) is 2. The molecule has 1 aliphatic carbocycles. The van der Waals surface area contributed by atoms with Crippen molar-refractivity contribution in [1.29, 1.82) is 0 Å². The Hall–Kier alpha value is -2.41. The fourth-order valence-corrected chi connectivity index (χ4v) is 3.97. The Morgan fingerprint density at radius 1 is 1.08 bits per heavy atom. The summed E-state index contributed by atoms with van der Waals surface area (Å²) >= 11 is 1.52. The first-order valence-electron chi connectivity index (χ1n) is 8.24. The lowest BCUT2D eigenvalue weighted by Gasteiger charge is -2.17. The third kappa shape index (κ3) is 2.41. The van der Waals surface area contributed by atoms with E-state index in [2.05, 4.69) is 0 Å². The average Bonchev–Trinajstić information content (AvgIpc) is 2.97. The Labute approximate surface area is 153 Å². The largest absolute Gasteiger partial charge is 0.394 e.